The van der Waals surface area contributed by atoms with Gasteiger partial charge in [0, 0.05) is 69.6 Å². The van der Waals surface area contributed by atoms with Crippen molar-refractivity contribution in [2.24, 2.45) is 17.1 Å². The summed E-state index contributed by atoms with van der Waals surface area (Å²) < 4.78 is 0. The van der Waals surface area contributed by atoms with Crippen LogP contribution in [0.3, 0.4) is 0 Å². The van der Waals surface area contributed by atoms with Gasteiger partial charge in [0.15, 0.2) is 0 Å². The molecule has 2 atom stereocenters. The number of ketones is 2. The van der Waals surface area contributed by atoms with E-state index in [9.17, 15) is 9.59 Å². The highest BCUT2D eigenvalue weighted by Gasteiger charge is 2.48. The van der Waals surface area contributed by atoms with Crippen LogP contribution in [0.1, 0.15) is 62.5 Å². The van der Waals surface area contributed by atoms with E-state index in [1.807, 2.05) is 6.92 Å². The van der Waals surface area contributed by atoms with Crippen LogP contribution in [0.25, 0.3) is 0 Å². The first-order valence-electron chi connectivity index (χ1n) is 14.7. The fraction of sp³-hybridized carbons (Fsp3) is 0.667. The van der Waals surface area contributed by atoms with Crippen molar-refractivity contribution >= 4 is 23.2 Å². The zero-order valence-electron chi connectivity index (χ0n) is 24.0. The van der Waals surface area contributed by atoms with E-state index >= 15 is 0 Å². The Morgan fingerprint density at radius 1 is 0.949 bits per heavy atom. The fourth-order valence-corrected chi connectivity index (χ4v) is 6.71. The first-order chi connectivity index (χ1) is 18.7. The number of aromatic nitrogens is 2. The summed E-state index contributed by atoms with van der Waals surface area (Å²) in [5.74, 6) is 1.96. The molecule has 9 heteroatoms. The van der Waals surface area contributed by atoms with Crippen molar-refractivity contribution in [2.45, 2.75) is 51.9 Å². The molecule has 0 aromatic carbocycles. The van der Waals surface area contributed by atoms with Crippen molar-refractivity contribution in [1.82, 2.24) is 19.8 Å². The van der Waals surface area contributed by atoms with Gasteiger partial charge in [-0.2, -0.15) is 0 Å². The van der Waals surface area contributed by atoms with Gasteiger partial charge in [0.1, 0.15) is 17.4 Å². The topological polar surface area (TPSA) is 98.9 Å². The first-order valence-corrected chi connectivity index (χ1v) is 14.7. The maximum Gasteiger partial charge on any atom is 0.228 e. The first kappa shape index (κ1) is 27.8. The number of rotatable bonds is 5. The van der Waals surface area contributed by atoms with Gasteiger partial charge < -0.3 is 25.3 Å². The second-order valence-corrected chi connectivity index (χ2v) is 12.2. The Kier molecular flexibility index (Phi) is 8.10. The van der Waals surface area contributed by atoms with Gasteiger partial charge in [0.05, 0.1) is 5.41 Å². The third-order valence-electron chi connectivity index (χ3n) is 9.50. The van der Waals surface area contributed by atoms with Crippen molar-refractivity contribution in [1.29, 1.82) is 0 Å². The summed E-state index contributed by atoms with van der Waals surface area (Å²) in [6.45, 7) is 13.4. The van der Waals surface area contributed by atoms with Gasteiger partial charge in [-0.3, -0.25) is 9.59 Å². The molecular weight excluding hydrogens is 490 g/mol. The monoisotopic (exact) mass is 535 g/mol. The molecule has 0 radical (unpaired) electrons. The molecule has 1 aromatic rings. The van der Waals surface area contributed by atoms with Crippen LogP contribution in [0.4, 0.5) is 11.6 Å². The minimum absolute atomic E-state index is 0.158. The van der Waals surface area contributed by atoms with E-state index in [1.54, 1.807) is 0 Å². The quantitative estimate of drug-likeness (QED) is 0.451. The minimum Gasteiger partial charge on any atom is -0.401 e. The number of hydrogen-bond acceptors (Lipinski definition) is 9. The Morgan fingerprint density at radius 3 is 2.18 bits per heavy atom. The maximum atomic E-state index is 14.1. The van der Waals surface area contributed by atoms with Crippen LogP contribution in [0, 0.1) is 11.3 Å². The third kappa shape index (κ3) is 5.61. The molecule has 2 aliphatic heterocycles. The highest BCUT2D eigenvalue weighted by Crippen LogP contribution is 2.49. The van der Waals surface area contributed by atoms with Crippen molar-refractivity contribution in [3.05, 3.63) is 35.3 Å². The van der Waals surface area contributed by atoms with Crippen molar-refractivity contribution in [2.75, 3.05) is 76.3 Å². The number of nitrogens with two attached hydrogens (primary N) is 1. The summed E-state index contributed by atoms with van der Waals surface area (Å²) in [5.41, 5.74) is 8.11. The molecule has 3 fully saturated rings. The molecule has 1 aromatic heterocycles. The van der Waals surface area contributed by atoms with Crippen LogP contribution in [0.15, 0.2) is 29.5 Å². The SMILES string of the molecule is C=C(C)C1CC[C@@]2(CCCC(C(=O)c3nc(N4CCCN(C)CC4)cc(N4CCN(C)CC4)n3)=C2N)C(=O)C1. The molecule has 2 aliphatic carbocycles. The largest absolute Gasteiger partial charge is 0.401 e. The molecular formula is C30H45N7O2. The molecule has 2 saturated heterocycles. The summed E-state index contributed by atoms with van der Waals surface area (Å²) in [6, 6.07) is 2.05. The lowest BCUT2D eigenvalue weighted by Crippen LogP contribution is -2.45. The summed E-state index contributed by atoms with van der Waals surface area (Å²) >= 11 is 0. The zero-order chi connectivity index (χ0) is 27.7. The van der Waals surface area contributed by atoms with Gasteiger partial charge in [-0.1, -0.05) is 12.2 Å². The Hall–Kier alpha value is -2.78. The maximum absolute atomic E-state index is 14.1. The van der Waals surface area contributed by atoms with E-state index < -0.39 is 5.41 Å². The van der Waals surface area contributed by atoms with Gasteiger partial charge in [-0.15, -0.1) is 0 Å². The summed E-state index contributed by atoms with van der Waals surface area (Å²) in [5, 5.41) is 0. The lowest BCUT2D eigenvalue weighted by atomic mass is 9.61. The predicted octanol–water partition coefficient (Wildman–Crippen LogP) is 2.88. The molecule has 2 N–H and O–H groups in total. The standard InChI is InChI=1S/C30H45N7O2/c1-21(2)22-8-10-30(24(38)19-22)9-5-7-23(28(30)31)27(39)29-32-25(36-12-6-11-34(3)13-16-36)20-26(33-29)37-17-14-35(4)15-18-37/h20,22H,1,5-19,31H2,2-4H3/t22?,30-/m0/s1. The number of carbonyl (C=O) groups is 2. The van der Waals surface area contributed by atoms with Gasteiger partial charge in [0.2, 0.25) is 11.6 Å². The van der Waals surface area contributed by atoms with Crippen LogP contribution in [0.2, 0.25) is 0 Å². The number of piperazine rings is 1. The number of carbonyl (C=O) groups excluding carboxylic acids is 2. The lowest BCUT2D eigenvalue weighted by Gasteiger charge is -2.42. The second-order valence-electron chi connectivity index (χ2n) is 12.2. The van der Waals surface area contributed by atoms with E-state index in [1.165, 1.54) is 0 Å². The molecule has 0 amide bonds. The number of nitrogens with zero attached hydrogens (tertiary/aromatic N) is 6. The zero-order valence-corrected chi connectivity index (χ0v) is 24.0. The molecule has 1 unspecified atom stereocenters. The van der Waals surface area contributed by atoms with Crippen molar-refractivity contribution in [3.63, 3.8) is 0 Å². The second kappa shape index (κ2) is 11.4. The number of allylic oxidation sites excluding steroid dienone is 3. The van der Waals surface area contributed by atoms with Crippen LogP contribution in [0.5, 0.6) is 0 Å². The predicted molar refractivity (Wildman–Crippen MR) is 155 cm³/mol. The highest BCUT2D eigenvalue weighted by molar-refractivity contribution is 6.08. The van der Waals surface area contributed by atoms with Crippen molar-refractivity contribution in [3.8, 4) is 0 Å². The number of anilines is 2. The Bertz CT molecular complexity index is 1160. The molecule has 9 nitrogen and oxygen atoms in total. The molecule has 5 rings (SSSR count). The van der Waals surface area contributed by atoms with E-state index in [2.05, 4.69) is 46.3 Å². The van der Waals surface area contributed by atoms with E-state index in [0.29, 0.717) is 37.0 Å². The number of likely N-dealkylation sites (N-methyl/N-ethyl adjacent to an activating group) is 2. The van der Waals surface area contributed by atoms with E-state index in [-0.39, 0.29) is 23.3 Å². The fourth-order valence-electron chi connectivity index (χ4n) is 6.71. The smallest absolute Gasteiger partial charge is 0.228 e. The average Bonchev–Trinajstić information content (AvgIpc) is 3.15. The molecule has 3 heterocycles. The molecule has 1 spiro atoms. The lowest BCUT2D eigenvalue weighted by molar-refractivity contribution is -0.131. The van der Waals surface area contributed by atoms with Crippen LogP contribution in [-0.4, -0.2) is 97.8 Å². The highest BCUT2D eigenvalue weighted by atomic mass is 16.1. The summed E-state index contributed by atoms with van der Waals surface area (Å²) in [4.78, 5) is 46.5. The Labute approximate surface area is 233 Å². The third-order valence-corrected chi connectivity index (χ3v) is 9.50. The van der Waals surface area contributed by atoms with Crippen LogP contribution < -0.4 is 15.5 Å². The molecule has 1 saturated carbocycles. The van der Waals surface area contributed by atoms with E-state index in [4.69, 9.17) is 15.7 Å². The average molecular weight is 536 g/mol. The normalized spacial score (nSPS) is 27.7. The van der Waals surface area contributed by atoms with Gasteiger partial charge in [-0.05, 0) is 72.0 Å². The summed E-state index contributed by atoms with van der Waals surface area (Å²) in [7, 11) is 4.28. The van der Waals surface area contributed by atoms with Crippen LogP contribution >= 0.6 is 0 Å². The molecule has 39 heavy (non-hydrogen) atoms. The van der Waals surface area contributed by atoms with Gasteiger partial charge in [-0.25, -0.2) is 9.97 Å². The summed E-state index contributed by atoms with van der Waals surface area (Å²) in [6.07, 6.45) is 5.12. The molecule has 212 valence electrons. The van der Waals surface area contributed by atoms with Crippen molar-refractivity contribution < 1.29 is 9.59 Å². The Morgan fingerprint density at radius 2 is 1.56 bits per heavy atom. The van der Waals surface area contributed by atoms with Gasteiger partial charge in [0.25, 0.3) is 0 Å². The number of Topliss-reactive ketones (excluding diaryl/α,β-unsaturated/α-hetero) is 2. The van der Waals surface area contributed by atoms with E-state index in [0.717, 1.165) is 88.8 Å². The molecule has 0 bridgehead atoms. The minimum atomic E-state index is -0.734. The van der Waals surface area contributed by atoms with Gasteiger partial charge >= 0.3 is 0 Å². The molecule has 4 aliphatic rings. The van der Waals surface area contributed by atoms with Crippen LogP contribution in [-0.2, 0) is 4.79 Å². The Balaban J connectivity index is 1.49. The number of hydrogen-bond donors (Lipinski definition) is 1.